The Labute approximate surface area is 121 Å². The third-order valence-electron chi connectivity index (χ3n) is 3.74. The lowest BCUT2D eigenvalue weighted by atomic mass is 9.79. The van der Waals surface area contributed by atoms with Gasteiger partial charge in [-0.05, 0) is 54.4 Å². The Morgan fingerprint density at radius 3 is 2.65 bits per heavy atom. The molecule has 0 bridgehead atoms. The standard InChI is InChI=1S/C16H27I/c1-5-14(11-17)10-15-7-6-13(4)9-16(15)8-12(2)3/h11-13H,5-10H2,1-4H3/b14-11-. The van der Waals surface area contributed by atoms with Crippen LogP contribution in [0.25, 0.3) is 0 Å². The van der Waals surface area contributed by atoms with Crippen molar-refractivity contribution in [2.24, 2.45) is 11.8 Å². The van der Waals surface area contributed by atoms with Crippen LogP contribution in [-0.4, -0.2) is 0 Å². The molecule has 0 nitrogen and oxygen atoms in total. The fourth-order valence-corrected chi connectivity index (χ4v) is 3.37. The summed E-state index contributed by atoms with van der Waals surface area (Å²) < 4.78 is 2.29. The van der Waals surface area contributed by atoms with Crippen molar-refractivity contribution in [3.05, 3.63) is 20.8 Å². The lowest BCUT2D eigenvalue weighted by Gasteiger charge is -2.27. The van der Waals surface area contributed by atoms with Gasteiger partial charge >= 0.3 is 0 Å². The summed E-state index contributed by atoms with van der Waals surface area (Å²) in [5, 5.41) is 0. The predicted molar refractivity (Wildman–Crippen MR) is 86.5 cm³/mol. The molecule has 1 aliphatic rings. The molecule has 17 heavy (non-hydrogen) atoms. The molecule has 1 heteroatoms. The van der Waals surface area contributed by atoms with Gasteiger partial charge in [0.1, 0.15) is 0 Å². The highest BCUT2D eigenvalue weighted by Gasteiger charge is 2.18. The summed E-state index contributed by atoms with van der Waals surface area (Å²) in [5.74, 6) is 1.71. The number of halogens is 1. The molecule has 0 heterocycles. The van der Waals surface area contributed by atoms with E-state index in [1.165, 1.54) is 38.5 Å². The first kappa shape index (κ1) is 15.3. The maximum absolute atomic E-state index is 2.41. The van der Waals surface area contributed by atoms with Gasteiger partial charge in [0.15, 0.2) is 0 Å². The molecule has 1 aliphatic carbocycles. The van der Waals surface area contributed by atoms with Crippen LogP contribution in [0.3, 0.4) is 0 Å². The quantitative estimate of drug-likeness (QED) is 0.407. The van der Waals surface area contributed by atoms with Crippen LogP contribution in [0.1, 0.15) is 66.2 Å². The van der Waals surface area contributed by atoms with Gasteiger partial charge in [0.05, 0.1) is 0 Å². The number of hydrogen-bond donors (Lipinski definition) is 0. The molecule has 0 fully saturated rings. The molecule has 0 radical (unpaired) electrons. The second-order valence-corrected chi connectivity index (χ2v) is 6.57. The first-order valence-corrected chi connectivity index (χ1v) is 8.29. The van der Waals surface area contributed by atoms with Gasteiger partial charge in [-0.25, -0.2) is 0 Å². The van der Waals surface area contributed by atoms with Crippen LogP contribution >= 0.6 is 22.6 Å². The van der Waals surface area contributed by atoms with Gasteiger partial charge in [-0.1, -0.05) is 67.0 Å². The average Bonchev–Trinajstić information content (AvgIpc) is 2.27. The van der Waals surface area contributed by atoms with Crippen molar-refractivity contribution >= 4 is 22.6 Å². The van der Waals surface area contributed by atoms with Gasteiger partial charge in [0.2, 0.25) is 0 Å². The summed E-state index contributed by atoms with van der Waals surface area (Å²) in [6.07, 6.45) is 7.86. The SMILES string of the molecule is CC/C(=C/I)CC1=C(CC(C)C)CC(C)CC1. The van der Waals surface area contributed by atoms with Gasteiger partial charge in [-0.15, -0.1) is 0 Å². The molecule has 0 amide bonds. The normalized spacial score (nSPS) is 22.5. The fraction of sp³-hybridized carbons (Fsp3) is 0.750. The topological polar surface area (TPSA) is 0 Å². The molecule has 0 saturated carbocycles. The van der Waals surface area contributed by atoms with E-state index in [-0.39, 0.29) is 0 Å². The van der Waals surface area contributed by atoms with E-state index in [2.05, 4.69) is 54.4 Å². The number of allylic oxidation sites excluding steroid dienone is 3. The molecular formula is C16H27I. The Balaban J connectivity index is 2.80. The molecule has 1 rings (SSSR count). The largest absolute Gasteiger partial charge is 0.0702 e. The van der Waals surface area contributed by atoms with Crippen LogP contribution in [0.5, 0.6) is 0 Å². The molecule has 0 N–H and O–H groups in total. The zero-order chi connectivity index (χ0) is 12.8. The highest BCUT2D eigenvalue weighted by atomic mass is 127. The fourth-order valence-electron chi connectivity index (χ4n) is 2.71. The van der Waals surface area contributed by atoms with E-state index in [0.717, 1.165) is 11.8 Å². The molecular weight excluding hydrogens is 319 g/mol. The summed E-state index contributed by atoms with van der Waals surface area (Å²) in [4.78, 5) is 0. The van der Waals surface area contributed by atoms with Crippen molar-refractivity contribution in [1.29, 1.82) is 0 Å². The van der Waals surface area contributed by atoms with Crippen molar-refractivity contribution in [2.75, 3.05) is 0 Å². The Kier molecular flexibility index (Phi) is 6.83. The number of rotatable bonds is 5. The molecule has 0 saturated heterocycles. The lowest BCUT2D eigenvalue weighted by Crippen LogP contribution is -2.10. The van der Waals surface area contributed by atoms with Crippen LogP contribution in [0, 0.1) is 11.8 Å². The molecule has 1 unspecified atom stereocenters. The number of hydrogen-bond acceptors (Lipinski definition) is 0. The maximum Gasteiger partial charge on any atom is -0.00983 e. The third kappa shape index (κ3) is 5.15. The van der Waals surface area contributed by atoms with E-state index in [1.807, 2.05) is 0 Å². The highest BCUT2D eigenvalue weighted by molar-refractivity contribution is 14.1. The van der Waals surface area contributed by atoms with E-state index in [9.17, 15) is 0 Å². The van der Waals surface area contributed by atoms with Crippen LogP contribution in [0.4, 0.5) is 0 Å². The molecule has 98 valence electrons. The molecule has 0 aromatic rings. The summed E-state index contributed by atoms with van der Waals surface area (Å²) in [7, 11) is 0. The molecule has 0 aromatic heterocycles. The van der Waals surface area contributed by atoms with E-state index in [4.69, 9.17) is 0 Å². The third-order valence-corrected chi connectivity index (χ3v) is 4.62. The minimum Gasteiger partial charge on any atom is -0.0702 e. The zero-order valence-electron chi connectivity index (χ0n) is 11.9. The van der Waals surface area contributed by atoms with E-state index in [0.29, 0.717) is 0 Å². The minimum atomic E-state index is 0.805. The summed E-state index contributed by atoms with van der Waals surface area (Å²) in [6.45, 7) is 9.38. The average molecular weight is 346 g/mol. The predicted octanol–water partition coefficient (Wildman–Crippen LogP) is 6.27. The van der Waals surface area contributed by atoms with Crippen LogP contribution in [0.2, 0.25) is 0 Å². The summed E-state index contributed by atoms with van der Waals surface area (Å²) in [5.41, 5.74) is 5.15. The Bertz CT molecular complexity index is 297. The Morgan fingerprint density at radius 1 is 1.41 bits per heavy atom. The van der Waals surface area contributed by atoms with Crippen molar-refractivity contribution in [3.8, 4) is 0 Å². The van der Waals surface area contributed by atoms with Gasteiger partial charge < -0.3 is 0 Å². The molecule has 1 atom stereocenters. The van der Waals surface area contributed by atoms with Crippen LogP contribution in [0.15, 0.2) is 20.8 Å². The highest BCUT2D eigenvalue weighted by Crippen LogP contribution is 2.36. The van der Waals surface area contributed by atoms with Gasteiger partial charge in [-0.2, -0.15) is 0 Å². The molecule has 0 spiro atoms. The lowest BCUT2D eigenvalue weighted by molar-refractivity contribution is 0.464. The molecule has 0 aromatic carbocycles. The van der Waals surface area contributed by atoms with Gasteiger partial charge in [0.25, 0.3) is 0 Å². The van der Waals surface area contributed by atoms with Crippen molar-refractivity contribution in [3.63, 3.8) is 0 Å². The zero-order valence-corrected chi connectivity index (χ0v) is 14.0. The Hall–Kier alpha value is 0.210. The second-order valence-electron chi connectivity index (χ2n) is 5.95. The summed E-state index contributed by atoms with van der Waals surface area (Å²) in [6, 6.07) is 0. The van der Waals surface area contributed by atoms with Crippen LogP contribution in [-0.2, 0) is 0 Å². The van der Waals surface area contributed by atoms with E-state index < -0.39 is 0 Å². The molecule has 0 aliphatic heterocycles. The Morgan fingerprint density at radius 2 is 2.12 bits per heavy atom. The summed E-state index contributed by atoms with van der Waals surface area (Å²) >= 11 is 2.40. The minimum absolute atomic E-state index is 0.805. The van der Waals surface area contributed by atoms with Gasteiger partial charge in [-0.3, -0.25) is 0 Å². The van der Waals surface area contributed by atoms with E-state index in [1.54, 1.807) is 16.7 Å². The van der Waals surface area contributed by atoms with Crippen molar-refractivity contribution < 1.29 is 0 Å². The first-order valence-electron chi connectivity index (χ1n) is 7.04. The smallest absolute Gasteiger partial charge is 0.00983 e. The van der Waals surface area contributed by atoms with Gasteiger partial charge in [0, 0.05) is 0 Å². The van der Waals surface area contributed by atoms with Crippen LogP contribution < -0.4 is 0 Å². The van der Waals surface area contributed by atoms with E-state index >= 15 is 0 Å². The maximum atomic E-state index is 2.41. The van der Waals surface area contributed by atoms with Crippen molar-refractivity contribution in [2.45, 2.75) is 66.2 Å². The van der Waals surface area contributed by atoms with Crippen molar-refractivity contribution in [1.82, 2.24) is 0 Å². The second kappa shape index (κ2) is 7.60. The first-order chi connectivity index (χ1) is 8.06. The monoisotopic (exact) mass is 346 g/mol.